The van der Waals surface area contributed by atoms with Gasteiger partial charge < -0.3 is 14.2 Å². The average molecular weight is 434 g/mol. The average Bonchev–Trinajstić information content (AvgIpc) is 2.33. The first-order valence-corrected chi connectivity index (χ1v) is 7.34. The van der Waals surface area contributed by atoms with E-state index in [1.54, 1.807) is 12.4 Å². The Morgan fingerprint density at radius 2 is 2.06 bits per heavy atom. The fourth-order valence-corrected chi connectivity index (χ4v) is 1.96. The number of ether oxygens (including phenoxy) is 3. The molecular formula is C11H14BrFINO3. The molecule has 4 nitrogen and oxygen atoms in total. The normalized spacial score (nSPS) is 12.4. The molecule has 0 aliphatic heterocycles. The molecule has 0 bridgehead atoms. The molecule has 0 spiro atoms. The summed E-state index contributed by atoms with van der Waals surface area (Å²) >= 11 is 5.51. The van der Waals surface area contributed by atoms with Gasteiger partial charge in [0.15, 0.2) is 5.01 Å². The molecule has 0 fully saturated rings. The van der Waals surface area contributed by atoms with Gasteiger partial charge in [-0.15, -0.1) is 0 Å². The van der Waals surface area contributed by atoms with Crippen molar-refractivity contribution < 1.29 is 18.6 Å². The Hall–Kier alpha value is 0.01000. The van der Waals surface area contributed by atoms with E-state index in [0.29, 0.717) is 25.6 Å². The van der Waals surface area contributed by atoms with E-state index < -0.39 is 6.67 Å². The Morgan fingerprint density at radius 1 is 1.28 bits per heavy atom. The van der Waals surface area contributed by atoms with Gasteiger partial charge in [-0.25, -0.2) is 4.39 Å². The number of halogens is 3. The van der Waals surface area contributed by atoms with Gasteiger partial charge in [0.2, 0.25) is 0 Å². The quantitative estimate of drug-likeness (QED) is 0.341. The van der Waals surface area contributed by atoms with E-state index in [1.807, 2.05) is 6.07 Å². The zero-order valence-electron chi connectivity index (χ0n) is 9.65. The van der Waals surface area contributed by atoms with E-state index in [9.17, 15) is 4.39 Å². The van der Waals surface area contributed by atoms with E-state index in [0.717, 1.165) is 3.57 Å². The second kappa shape index (κ2) is 9.88. The maximum atomic E-state index is 11.7. The van der Waals surface area contributed by atoms with Gasteiger partial charge in [-0.3, -0.25) is 4.98 Å². The van der Waals surface area contributed by atoms with Crippen LogP contribution in [0.4, 0.5) is 4.39 Å². The molecule has 0 saturated carbocycles. The SMILES string of the molecule is FCCOCCOCC(Br)Oc1cncc(I)c1. The zero-order chi connectivity index (χ0) is 13.2. The van der Waals surface area contributed by atoms with Gasteiger partial charge >= 0.3 is 0 Å². The number of hydrogen-bond donors (Lipinski definition) is 0. The molecule has 102 valence electrons. The van der Waals surface area contributed by atoms with Gasteiger partial charge in [0.25, 0.3) is 0 Å². The van der Waals surface area contributed by atoms with Crippen LogP contribution < -0.4 is 4.74 Å². The van der Waals surface area contributed by atoms with Gasteiger partial charge in [-0.1, -0.05) is 0 Å². The third-order valence-electron chi connectivity index (χ3n) is 1.79. The van der Waals surface area contributed by atoms with Crippen LogP contribution in [0.1, 0.15) is 0 Å². The van der Waals surface area contributed by atoms with Gasteiger partial charge in [0.05, 0.1) is 32.6 Å². The second-order valence-electron chi connectivity index (χ2n) is 3.24. The largest absolute Gasteiger partial charge is 0.475 e. The summed E-state index contributed by atoms with van der Waals surface area (Å²) < 4.78 is 28.5. The number of hydrogen-bond acceptors (Lipinski definition) is 4. The highest BCUT2D eigenvalue weighted by Gasteiger charge is 2.06. The lowest BCUT2D eigenvalue weighted by Gasteiger charge is -2.13. The lowest BCUT2D eigenvalue weighted by atomic mass is 10.5. The van der Waals surface area contributed by atoms with Gasteiger partial charge in [0.1, 0.15) is 12.4 Å². The number of rotatable bonds is 9. The van der Waals surface area contributed by atoms with Crippen LogP contribution in [0.25, 0.3) is 0 Å². The van der Waals surface area contributed by atoms with Crippen LogP contribution in [0.3, 0.4) is 0 Å². The topological polar surface area (TPSA) is 40.6 Å². The summed E-state index contributed by atoms with van der Waals surface area (Å²) in [7, 11) is 0. The van der Waals surface area contributed by atoms with Crippen LogP contribution in [-0.2, 0) is 9.47 Å². The first-order valence-electron chi connectivity index (χ1n) is 5.35. The van der Waals surface area contributed by atoms with Crippen molar-refractivity contribution >= 4 is 38.5 Å². The third kappa shape index (κ3) is 7.45. The predicted octanol–water partition coefficient (Wildman–Crippen LogP) is 2.79. The summed E-state index contributed by atoms with van der Waals surface area (Å²) in [5.41, 5.74) is 0. The van der Waals surface area contributed by atoms with Crippen LogP contribution in [0, 0.1) is 3.57 Å². The molecule has 1 aromatic rings. The van der Waals surface area contributed by atoms with Crippen molar-refractivity contribution in [3.05, 3.63) is 22.0 Å². The van der Waals surface area contributed by atoms with Crippen LogP contribution in [0.5, 0.6) is 5.75 Å². The molecule has 0 aromatic carbocycles. The minimum absolute atomic E-state index is 0.117. The highest BCUT2D eigenvalue weighted by Crippen LogP contribution is 2.16. The Kier molecular flexibility index (Phi) is 8.82. The minimum Gasteiger partial charge on any atom is -0.475 e. The first kappa shape index (κ1) is 16.1. The van der Waals surface area contributed by atoms with Gasteiger partial charge in [-0.2, -0.15) is 0 Å². The predicted molar refractivity (Wildman–Crippen MR) is 77.9 cm³/mol. The Labute approximate surface area is 127 Å². The van der Waals surface area contributed by atoms with E-state index in [-0.39, 0.29) is 11.6 Å². The number of nitrogens with zero attached hydrogens (tertiary/aromatic N) is 1. The van der Waals surface area contributed by atoms with Crippen molar-refractivity contribution in [2.24, 2.45) is 0 Å². The van der Waals surface area contributed by atoms with Crippen molar-refractivity contribution in [1.82, 2.24) is 4.98 Å². The van der Waals surface area contributed by atoms with Crippen molar-refractivity contribution in [2.75, 3.05) is 33.1 Å². The fraction of sp³-hybridized carbons (Fsp3) is 0.545. The first-order chi connectivity index (χ1) is 8.72. The second-order valence-corrected chi connectivity index (χ2v) is 5.51. The number of aromatic nitrogens is 1. The molecule has 1 aromatic heterocycles. The van der Waals surface area contributed by atoms with E-state index in [4.69, 9.17) is 14.2 Å². The molecule has 1 rings (SSSR count). The molecule has 0 aliphatic rings. The molecule has 0 N–H and O–H groups in total. The highest BCUT2D eigenvalue weighted by atomic mass is 127. The van der Waals surface area contributed by atoms with Crippen molar-refractivity contribution in [3.8, 4) is 5.75 Å². The maximum absolute atomic E-state index is 11.7. The molecule has 0 aliphatic carbocycles. The zero-order valence-corrected chi connectivity index (χ0v) is 13.4. The van der Waals surface area contributed by atoms with Crippen molar-refractivity contribution in [1.29, 1.82) is 0 Å². The molecule has 1 unspecified atom stereocenters. The third-order valence-corrected chi connectivity index (χ3v) is 2.83. The molecule has 0 saturated heterocycles. The maximum Gasteiger partial charge on any atom is 0.176 e. The monoisotopic (exact) mass is 433 g/mol. The minimum atomic E-state index is -0.468. The van der Waals surface area contributed by atoms with E-state index in [1.165, 1.54) is 0 Å². The van der Waals surface area contributed by atoms with Gasteiger partial charge in [-0.05, 0) is 44.6 Å². The highest BCUT2D eigenvalue weighted by molar-refractivity contribution is 14.1. The summed E-state index contributed by atoms with van der Waals surface area (Å²) in [6.07, 6.45) is 3.39. The summed E-state index contributed by atoms with van der Waals surface area (Å²) in [4.78, 5) is 4.02. The van der Waals surface area contributed by atoms with Gasteiger partial charge in [0, 0.05) is 9.77 Å². The molecular weight excluding hydrogens is 420 g/mol. The lowest BCUT2D eigenvalue weighted by molar-refractivity contribution is 0.0280. The van der Waals surface area contributed by atoms with Crippen LogP contribution in [0.2, 0.25) is 0 Å². The molecule has 1 heterocycles. The molecule has 0 radical (unpaired) electrons. The standard InChI is InChI=1S/C11H14BrFINO3/c12-11(8-17-4-3-16-2-1-13)18-10-5-9(14)6-15-7-10/h5-7,11H,1-4,8H2. The Morgan fingerprint density at radius 3 is 2.78 bits per heavy atom. The summed E-state index contributed by atoms with van der Waals surface area (Å²) in [5, 5.41) is -0.251. The van der Waals surface area contributed by atoms with Crippen LogP contribution in [0.15, 0.2) is 18.5 Å². The smallest absolute Gasteiger partial charge is 0.176 e. The molecule has 18 heavy (non-hydrogen) atoms. The van der Waals surface area contributed by atoms with Crippen molar-refractivity contribution in [2.45, 2.75) is 5.01 Å². The molecule has 7 heteroatoms. The van der Waals surface area contributed by atoms with E-state index in [2.05, 4.69) is 43.5 Å². The van der Waals surface area contributed by atoms with E-state index >= 15 is 0 Å². The molecule has 0 amide bonds. The lowest BCUT2D eigenvalue weighted by Crippen LogP contribution is -2.18. The summed E-state index contributed by atoms with van der Waals surface area (Å²) in [5.74, 6) is 0.682. The van der Waals surface area contributed by atoms with Crippen LogP contribution in [-0.4, -0.2) is 43.1 Å². The summed E-state index contributed by atoms with van der Waals surface area (Å²) in [6.45, 7) is 0.824. The summed E-state index contributed by atoms with van der Waals surface area (Å²) in [6, 6.07) is 1.88. The van der Waals surface area contributed by atoms with Crippen molar-refractivity contribution in [3.63, 3.8) is 0 Å². The number of pyridine rings is 1. The Balaban J connectivity index is 2.12. The number of alkyl halides is 2. The Bertz CT molecular complexity index is 346. The van der Waals surface area contributed by atoms with Crippen LogP contribution >= 0.6 is 38.5 Å². The molecule has 1 atom stereocenters. The fourth-order valence-electron chi connectivity index (χ4n) is 1.09.